The molecule has 10 aromatic rings. The van der Waals surface area contributed by atoms with Crippen LogP contribution < -0.4 is 15.7 Å². The Balaban J connectivity index is 1.19. The van der Waals surface area contributed by atoms with Gasteiger partial charge in [-0.1, -0.05) is 138 Å². The van der Waals surface area contributed by atoms with Crippen molar-refractivity contribution >= 4 is 72.9 Å². The summed E-state index contributed by atoms with van der Waals surface area (Å²) in [6.07, 6.45) is 6.83. The van der Waals surface area contributed by atoms with Crippen LogP contribution in [0.5, 0.6) is 0 Å². The number of benzene rings is 8. The van der Waals surface area contributed by atoms with Crippen molar-refractivity contribution in [1.29, 1.82) is 0 Å². The fourth-order valence-corrected chi connectivity index (χ4v) is 11.8. The zero-order valence-corrected chi connectivity index (χ0v) is 36.6. The van der Waals surface area contributed by atoms with Crippen LogP contribution in [-0.2, 0) is 18.3 Å². The molecule has 0 bridgehead atoms. The quantitative estimate of drug-likeness (QED) is 0.143. The van der Waals surface area contributed by atoms with E-state index in [1.807, 2.05) is 0 Å². The van der Waals surface area contributed by atoms with Gasteiger partial charge in [0.05, 0.1) is 16.7 Å². The van der Waals surface area contributed by atoms with Crippen LogP contribution in [0.15, 0.2) is 156 Å². The summed E-state index contributed by atoms with van der Waals surface area (Å²) in [6.45, 7) is 9.32. The van der Waals surface area contributed by atoms with Crippen molar-refractivity contribution in [2.45, 2.75) is 71.6 Å². The lowest BCUT2D eigenvalue weighted by Crippen LogP contribution is -2.60. The molecular weight excluding hydrogens is 763 g/mol. The van der Waals surface area contributed by atoms with Crippen molar-refractivity contribution in [3.8, 4) is 39.1 Å². The predicted molar refractivity (Wildman–Crippen MR) is 267 cm³/mol. The molecule has 0 saturated heterocycles. The molecule has 3 nitrogen and oxygen atoms in total. The third kappa shape index (κ3) is 5.15. The molecule has 2 aromatic heterocycles. The minimum atomic E-state index is -0.151. The molecule has 13 rings (SSSR count). The summed E-state index contributed by atoms with van der Waals surface area (Å²) in [5.41, 5.74) is 23.9. The SMILES string of the molecule is CCCCc1ccc2c(c1)c1cc(CCCC)cc3c1n2-c1c2c(cc4c1oc1ccccc14)-c1cc4c(cc1N(c1ccc(-c5ccccc5)cc1)B23)C(C)(C)c1ccccc1-4. The highest BCUT2D eigenvalue weighted by atomic mass is 16.3. The fourth-order valence-electron chi connectivity index (χ4n) is 11.8. The van der Waals surface area contributed by atoms with Gasteiger partial charge in [-0.3, -0.25) is 0 Å². The summed E-state index contributed by atoms with van der Waals surface area (Å²) >= 11 is 0. The van der Waals surface area contributed by atoms with Crippen molar-refractivity contribution in [3.63, 3.8) is 0 Å². The van der Waals surface area contributed by atoms with Crippen LogP contribution in [0.1, 0.15) is 75.6 Å². The predicted octanol–water partition coefficient (Wildman–Crippen LogP) is 14.6. The van der Waals surface area contributed by atoms with Gasteiger partial charge in [-0.2, -0.15) is 0 Å². The molecule has 1 aliphatic carbocycles. The van der Waals surface area contributed by atoms with E-state index in [9.17, 15) is 0 Å². The number of aryl methyl sites for hydroxylation is 2. The normalized spacial score (nSPS) is 14.2. The number of rotatable bonds is 8. The van der Waals surface area contributed by atoms with E-state index in [4.69, 9.17) is 4.42 Å². The van der Waals surface area contributed by atoms with Crippen LogP contribution in [0, 0.1) is 0 Å². The Kier molecular flexibility index (Phi) is 7.96. The van der Waals surface area contributed by atoms with Crippen molar-refractivity contribution in [2.24, 2.45) is 0 Å². The number of para-hydroxylation sites is 1. The molecule has 4 heterocycles. The number of fused-ring (bicyclic) bond motifs is 14. The first-order chi connectivity index (χ1) is 30.9. The van der Waals surface area contributed by atoms with Crippen LogP contribution in [-0.4, -0.2) is 11.4 Å². The van der Waals surface area contributed by atoms with E-state index in [0.29, 0.717) is 0 Å². The second-order valence-electron chi connectivity index (χ2n) is 18.9. The lowest BCUT2D eigenvalue weighted by molar-refractivity contribution is 0.660. The van der Waals surface area contributed by atoms with Crippen LogP contribution in [0.25, 0.3) is 82.8 Å². The van der Waals surface area contributed by atoms with Gasteiger partial charge in [0.15, 0.2) is 5.58 Å². The monoisotopic (exact) mass is 812 g/mol. The topological polar surface area (TPSA) is 21.3 Å². The van der Waals surface area contributed by atoms with E-state index in [0.717, 1.165) is 42.2 Å². The maximum absolute atomic E-state index is 7.14. The van der Waals surface area contributed by atoms with Gasteiger partial charge < -0.3 is 13.8 Å². The smallest absolute Gasteiger partial charge is 0.333 e. The molecule has 8 aromatic carbocycles. The zero-order chi connectivity index (χ0) is 42.1. The number of hydrogen-bond acceptors (Lipinski definition) is 2. The van der Waals surface area contributed by atoms with Gasteiger partial charge in [-0.05, 0) is 141 Å². The van der Waals surface area contributed by atoms with Crippen LogP contribution in [0.3, 0.4) is 0 Å². The summed E-state index contributed by atoms with van der Waals surface area (Å²) in [5, 5.41) is 5.02. The molecule has 0 unspecified atom stereocenters. The zero-order valence-electron chi connectivity index (χ0n) is 36.6. The molecule has 0 atom stereocenters. The molecule has 63 heavy (non-hydrogen) atoms. The van der Waals surface area contributed by atoms with Crippen LogP contribution in [0.2, 0.25) is 0 Å². The Morgan fingerprint density at radius 2 is 1.29 bits per heavy atom. The minimum absolute atomic E-state index is 0.104. The minimum Gasteiger partial charge on any atom is -0.454 e. The summed E-state index contributed by atoms with van der Waals surface area (Å²) in [4.78, 5) is 2.70. The Bertz CT molecular complexity index is 3520. The van der Waals surface area contributed by atoms with Crippen molar-refractivity contribution < 1.29 is 4.42 Å². The second kappa shape index (κ2) is 13.6. The van der Waals surface area contributed by atoms with Crippen molar-refractivity contribution in [2.75, 3.05) is 4.81 Å². The molecule has 2 aliphatic heterocycles. The number of furan rings is 1. The van der Waals surface area contributed by atoms with Gasteiger partial charge in [-0.15, -0.1) is 0 Å². The second-order valence-corrected chi connectivity index (χ2v) is 18.9. The van der Waals surface area contributed by atoms with Crippen LogP contribution in [0.4, 0.5) is 11.4 Å². The van der Waals surface area contributed by atoms with Gasteiger partial charge in [-0.25, -0.2) is 0 Å². The summed E-state index contributed by atoms with van der Waals surface area (Å²) in [5.74, 6) is 0. The molecule has 0 spiro atoms. The molecular formula is C59H49BN2O. The largest absolute Gasteiger partial charge is 0.454 e. The summed E-state index contributed by atoms with van der Waals surface area (Å²) in [6, 6.07) is 57.9. The first-order valence-electron chi connectivity index (χ1n) is 23.2. The average molecular weight is 813 g/mol. The van der Waals surface area contributed by atoms with Gasteiger partial charge >= 0.3 is 6.85 Å². The Morgan fingerprint density at radius 3 is 2.11 bits per heavy atom. The number of anilines is 2. The highest BCUT2D eigenvalue weighted by Crippen LogP contribution is 2.55. The number of aromatic nitrogens is 1. The van der Waals surface area contributed by atoms with E-state index in [2.05, 4.69) is 189 Å². The molecule has 0 amide bonds. The maximum atomic E-state index is 7.14. The van der Waals surface area contributed by atoms with Crippen molar-refractivity contribution in [1.82, 2.24) is 4.57 Å². The summed E-state index contributed by atoms with van der Waals surface area (Å²) < 4.78 is 9.75. The maximum Gasteiger partial charge on any atom is 0.333 e. The Hall–Kier alpha value is -6.78. The number of hydrogen-bond donors (Lipinski definition) is 0. The third-order valence-electron chi connectivity index (χ3n) is 14.9. The molecule has 3 aliphatic rings. The number of unbranched alkanes of at least 4 members (excludes halogenated alkanes) is 2. The van der Waals surface area contributed by atoms with Gasteiger partial charge in [0.2, 0.25) is 0 Å². The highest BCUT2D eigenvalue weighted by molar-refractivity contribution is 6.94. The lowest BCUT2D eigenvalue weighted by atomic mass is 9.43. The molecule has 304 valence electrons. The molecule has 0 saturated carbocycles. The lowest BCUT2D eigenvalue weighted by Gasteiger charge is -2.43. The van der Waals surface area contributed by atoms with E-state index >= 15 is 0 Å². The fraction of sp³-hybridized carbons (Fsp3) is 0.186. The third-order valence-corrected chi connectivity index (χ3v) is 14.9. The Labute approximate surface area is 369 Å². The van der Waals surface area contributed by atoms with E-state index in [1.54, 1.807) is 0 Å². The van der Waals surface area contributed by atoms with Crippen molar-refractivity contribution in [3.05, 3.63) is 174 Å². The van der Waals surface area contributed by atoms with E-state index in [-0.39, 0.29) is 12.3 Å². The number of nitrogens with zero attached hydrogens (tertiary/aromatic N) is 2. The molecule has 4 heteroatoms. The highest BCUT2D eigenvalue weighted by Gasteiger charge is 2.47. The average Bonchev–Trinajstić information content (AvgIpc) is 3.93. The molecule has 0 fully saturated rings. The van der Waals surface area contributed by atoms with E-state index in [1.165, 1.54) is 124 Å². The summed E-state index contributed by atoms with van der Waals surface area (Å²) in [7, 11) is 0. The first kappa shape index (κ1) is 36.8. The van der Waals surface area contributed by atoms with E-state index < -0.39 is 0 Å². The molecule has 0 N–H and O–H groups in total. The Morgan fingerprint density at radius 1 is 0.556 bits per heavy atom. The first-order valence-corrected chi connectivity index (χ1v) is 23.2. The van der Waals surface area contributed by atoms with Gasteiger partial charge in [0, 0.05) is 43.9 Å². The van der Waals surface area contributed by atoms with Gasteiger partial charge in [0.1, 0.15) is 5.58 Å². The van der Waals surface area contributed by atoms with Crippen LogP contribution >= 0.6 is 0 Å². The molecule has 0 radical (unpaired) electrons. The van der Waals surface area contributed by atoms with Gasteiger partial charge in [0.25, 0.3) is 0 Å². The standard InChI is InChI=1S/C59H49BN2O/c1-5-7-16-36-24-29-52-44(30-36)47-31-37(17-8-6-2)32-51-56(47)61(52)57-55-46(34-48-42-21-13-15-23-54(42)63-58(48)57)45-33-43-41-20-12-14-22-49(41)59(3,4)50(43)35-53(45)62(60(51)55)40-27-25-39(26-28-40)38-18-10-9-11-19-38/h9-15,18-35H,5-8,16-17H2,1-4H3.